The summed E-state index contributed by atoms with van der Waals surface area (Å²) in [5, 5.41) is 6.84. The Balaban J connectivity index is 1.46. The molecule has 0 spiro atoms. The summed E-state index contributed by atoms with van der Waals surface area (Å²) in [6.45, 7) is 6.41. The van der Waals surface area contributed by atoms with Crippen molar-refractivity contribution in [1.29, 1.82) is 0 Å². The highest BCUT2D eigenvalue weighted by Gasteiger charge is 2.16. The molecule has 182 valence electrons. The van der Waals surface area contributed by atoms with Gasteiger partial charge in [-0.15, -0.1) is 0 Å². The molecule has 5 rings (SSSR count). The van der Waals surface area contributed by atoms with E-state index < -0.39 is 0 Å². The van der Waals surface area contributed by atoms with Crippen LogP contribution < -0.4 is 20.3 Å². The zero-order valence-electron chi connectivity index (χ0n) is 19.8. The Morgan fingerprint density at radius 2 is 2.00 bits per heavy atom. The van der Waals surface area contributed by atoms with Crippen molar-refractivity contribution < 1.29 is 14.3 Å². The van der Waals surface area contributed by atoms with E-state index in [-0.39, 0.29) is 5.91 Å². The van der Waals surface area contributed by atoms with Crippen molar-refractivity contribution in [3.8, 4) is 17.1 Å². The average molecular weight is 484 g/mol. The van der Waals surface area contributed by atoms with Crippen molar-refractivity contribution >= 4 is 40.0 Å². The second kappa shape index (κ2) is 10.4. The number of nitrogens with zero attached hydrogens (tertiary/aromatic N) is 5. The van der Waals surface area contributed by atoms with E-state index in [1.807, 2.05) is 30.3 Å². The van der Waals surface area contributed by atoms with Gasteiger partial charge in [-0.05, 0) is 30.3 Å². The van der Waals surface area contributed by atoms with Crippen LogP contribution in [-0.4, -0.2) is 59.3 Å². The monoisotopic (exact) mass is 483 g/mol. The molecule has 10 nitrogen and oxygen atoms in total. The van der Waals surface area contributed by atoms with Gasteiger partial charge in [-0.3, -0.25) is 9.78 Å². The van der Waals surface area contributed by atoms with E-state index in [1.165, 1.54) is 6.08 Å². The summed E-state index contributed by atoms with van der Waals surface area (Å²) in [5.41, 5.74) is 3.46. The molecular weight excluding hydrogens is 458 g/mol. The minimum atomic E-state index is -0.291. The Labute approximate surface area is 208 Å². The van der Waals surface area contributed by atoms with E-state index in [2.05, 4.69) is 37.1 Å². The number of para-hydroxylation sites is 1. The van der Waals surface area contributed by atoms with Gasteiger partial charge in [0.1, 0.15) is 11.5 Å². The minimum Gasteiger partial charge on any atom is -0.479 e. The molecule has 4 aromatic rings. The first-order valence-electron chi connectivity index (χ1n) is 11.4. The van der Waals surface area contributed by atoms with Crippen molar-refractivity contribution in [3.05, 3.63) is 67.5 Å². The van der Waals surface area contributed by atoms with E-state index in [1.54, 1.807) is 31.6 Å². The van der Waals surface area contributed by atoms with Gasteiger partial charge in [0.2, 0.25) is 17.7 Å². The lowest BCUT2D eigenvalue weighted by atomic mass is 10.1. The predicted molar refractivity (Wildman–Crippen MR) is 139 cm³/mol. The van der Waals surface area contributed by atoms with Crippen LogP contribution in [0.2, 0.25) is 0 Å². The zero-order chi connectivity index (χ0) is 24.9. The third-order valence-corrected chi connectivity index (χ3v) is 5.72. The Bertz CT molecular complexity index is 1420. The molecule has 1 saturated heterocycles. The summed E-state index contributed by atoms with van der Waals surface area (Å²) < 4.78 is 11.0. The van der Waals surface area contributed by atoms with Crippen LogP contribution in [0.15, 0.2) is 67.5 Å². The number of pyridine rings is 2. The van der Waals surface area contributed by atoms with Crippen LogP contribution in [0.5, 0.6) is 5.88 Å². The largest absolute Gasteiger partial charge is 0.479 e. The van der Waals surface area contributed by atoms with E-state index in [0.717, 1.165) is 29.9 Å². The molecular formula is C26H25N7O3. The molecule has 0 atom stereocenters. The van der Waals surface area contributed by atoms with Gasteiger partial charge >= 0.3 is 0 Å². The Hall–Kier alpha value is -4.57. The molecule has 1 aliphatic rings. The van der Waals surface area contributed by atoms with Gasteiger partial charge in [0.15, 0.2) is 0 Å². The second-order valence-electron chi connectivity index (χ2n) is 8.01. The second-order valence-corrected chi connectivity index (χ2v) is 8.01. The Morgan fingerprint density at radius 1 is 1.14 bits per heavy atom. The van der Waals surface area contributed by atoms with Crippen LogP contribution in [0.25, 0.3) is 22.2 Å². The fourth-order valence-corrected chi connectivity index (χ4v) is 3.94. The summed E-state index contributed by atoms with van der Waals surface area (Å²) in [6, 6.07) is 13.1. The topological polar surface area (TPSA) is 114 Å². The molecule has 2 N–H and O–H groups in total. The molecule has 1 fully saturated rings. The number of rotatable bonds is 7. The lowest BCUT2D eigenvalue weighted by Crippen LogP contribution is -2.36. The number of aromatic nitrogens is 4. The highest BCUT2D eigenvalue weighted by Crippen LogP contribution is 2.31. The van der Waals surface area contributed by atoms with Crippen molar-refractivity contribution in [2.45, 2.75) is 0 Å². The molecule has 10 heteroatoms. The number of hydrogen-bond donors (Lipinski definition) is 2. The van der Waals surface area contributed by atoms with E-state index in [4.69, 9.17) is 14.5 Å². The Morgan fingerprint density at radius 3 is 2.81 bits per heavy atom. The summed E-state index contributed by atoms with van der Waals surface area (Å²) in [7, 11) is 1.58. The minimum absolute atomic E-state index is 0.291. The van der Waals surface area contributed by atoms with Crippen LogP contribution in [-0.2, 0) is 9.53 Å². The first-order valence-corrected chi connectivity index (χ1v) is 11.4. The van der Waals surface area contributed by atoms with E-state index in [0.29, 0.717) is 47.6 Å². The number of carbonyl (C=O) groups is 1. The molecule has 3 aromatic heterocycles. The molecule has 0 aliphatic carbocycles. The number of carbonyl (C=O) groups excluding carboxylic acids is 1. The molecule has 1 aliphatic heterocycles. The smallest absolute Gasteiger partial charge is 0.247 e. The zero-order valence-corrected chi connectivity index (χ0v) is 19.8. The van der Waals surface area contributed by atoms with Crippen molar-refractivity contribution in [1.82, 2.24) is 19.9 Å². The first-order chi connectivity index (χ1) is 17.6. The summed E-state index contributed by atoms with van der Waals surface area (Å²) in [6.07, 6.45) is 4.61. The molecule has 1 amide bonds. The fourth-order valence-electron chi connectivity index (χ4n) is 3.94. The number of fused-ring (bicyclic) bond motifs is 1. The summed E-state index contributed by atoms with van der Waals surface area (Å²) >= 11 is 0. The molecule has 1 aromatic carbocycles. The van der Waals surface area contributed by atoms with Crippen LogP contribution in [0.1, 0.15) is 0 Å². The maximum Gasteiger partial charge on any atom is 0.247 e. The number of nitrogens with one attached hydrogen (secondary N) is 2. The van der Waals surface area contributed by atoms with Gasteiger partial charge < -0.3 is 25.0 Å². The standard InChI is InChI=1S/C26H25N7O3/c1-3-23(34)29-18-9-10-27-21(15-18)19-6-4-5-17-16-28-26(32-24(17)19)30-20-7-8-22(31-25(20)35-2)33-11-13-36-14-12-33/h3-10,15-16H,1,11-14H2,2H3,(H,27,29,34)(H,28,30,32). The van der Waals surface area contributed by atoms with Crippen molar-refractivity contribution in [2.75, 3.05) is 48.9 Å². The average Bonchev–Trinajstić information content (AvgIpc) is 2.93. The third-order valence-electron chi connectivity index (χ3n) is 5.72. The van der Waals surface area contributed by atoms with Crippen molar-refractivity contribution in [2.24, 2.45) is 0 Å². The first kappa shape index (κ1) is 23.2. The van der Waals surface area contributed by atoms with Crippen LogP contribution in [0.4, 0.5) is 23.1 Å². The highest BCUT2D eigenvalue weighted by atomic mass is 16.5. The third kappa shape index (κ3) is 4.93. The molecule has 0 saturated carbocycles. The lowest BCUT2D eigenvalue weighted by Gasteiger charge is -2.28. The fraction of sp³-hybridized carbons (Fsp3) is 0.192. The van der Waals surface area contributed by atoms with Gasteiger partial charge in [0.25, 0.3) is 0 Å². The van der Waals surface area contributed by atoms with Crippen LogP contribution >= 0.6 is 0 Å². The Kier molecular flexibility index (Phi) is 6.67. The maximum absolute atomic E-state index is 11.7. The van der Waals surface area contributed by atoms with Gasteiger partial charge in [0, 0.05) is 42.1 Å². The number of methoxy groups -OCH3 is 1. The number of hydrogen-bond acceptors (Lipinski definition) is 9. The molecule has 4 heterocycles. The van der Waals surface area contributed by atoms with E-state index >= 15 is 0 Å². The van der Waals surface area contributed by atoms with Gasteiger partial charge in [-0.1, -0.05) is 24.8 Å². The molecule has 36 heavy (non-hydrogen) atoms. The van der Waals surface area contributed by atoms with Crippen LogP contribution in [0, 0.1) is 0 Å². The van der Waals surface area contributed by atoms with Crippen molar-refractivity contribution in [3.63, 3.8) is 0 Å². The SMILES string of the molecule is C=CC(=O)Nc1ccnc(-c2cccc3cnc(Nc4ccc(N5CCOCC5)nc4OC)nc23)c1. The molecule has 0 unspecified atom stereocenters. The quantitative estimate of drug-likeness (QED) is 0.379. The number of anilines is 4. The normalized spacial score (nSPS) is 13.3. The highest BCUT2D eigenvalue weighted by molar-refractivity contribution is 5.99. The lowest BCUT2D eigenvalue weighted by molar-refractivity contribution is -0.111. The summed E-state index contributed by atoms with van der Waals surface area (Å²) in [5.74, 6) is 1.38. The number of ether oxygens (including phenoxy) is 2. The van der Waals surface area contributed by atoms with Crippen LogP contribution in [0.3, 0.4) is 0 Å². The molecule has 0 radical (unpaired) electrons. The van der Waals surface area contributed by atoms with Gasteiger partial charge in [0.05, 0.1) is 31.5 Å². The summed E-state index contributed by atoms with van der Waals surface area (Å²) in [4.78, 5) is 32.3. The predicted octanol–water partition coefficient (Wildman–Crippen LogP) is 3.80. The number of morpholine rings is 1. The number of amides is 1. The van der Waals surface area contributed by atoms with Gasteiger partial charge in [-0.25, -0.2) is 9.97 Å². The van der Waals surface area contributed by atoms with E-state index in [9.17, 15) is 4.79 Å². The number of benzene rings is 1. The maximum atomic E-state index is 11.7. The van der Waals surface area contributed by atoms with Gasteiger partial charge in [-0.2, -0.15) is 4.98 Å². The molecule has 0 bridgehead atoms.